The van der Waals surface area contributed by atoms with E-state index in [9.17, 15) is 0 Å². The van der Waals surface area contributed by atoms with Crippen molar-refractivity contribution < 1.29 is 0 Å². The van der Waals surface area contributed by atoms with E-state index in [2.05, 4.69) is 15.3 Å². The average molecular weight is 297 g/mol. The molecule has 1 unspecified atom stereocenters. The van der Waals surface area contributed by atoms with E-state index in [1.165, 1.54) is 0 Å². The zero-order valence-electron chi connectivity index (χ0n) is 10.4. The number of likely N-dealkylation sites (N-methyl/N-ethyl adjacent to an activating group) is 1. The number of pyridine rings is 2. The molecule has 0 aliphatic carbocycles. The predicted molar refractivity (Wildman–Crippen MR) is 78.4 cm³/mol. The normalized spacial score (nSPS) is 12.4. The van der Waals surface area contributed by atoms with Gasteiger partial charge < -0.3 is 11.1 Å². The van der Waals surface area contributed by atoms with Crippen molar-refractivity contribution in [2.24, 2.45) is 0 Å². The van der Waals surface area contributed by atoms with E-state index in [1.54, 1.807) is 30.7 Å². The smallest absolute Gasteiger partial charge is 0.0763 e. The van der Waals surface area contributed by atoms with Crippen LogP contribution in [0.4, 0.5) is 5.69 Å². The summed E-state index contributed by atoms with van der Waals surface area (Å²) in [6.07, 6.45) is 5.66. The summed E-state index contributed by atoms with van der Waals surface area (Å²) in [6.45, 7) is 0. The first-order valence-electron chi connectivity index (χ1n) is 5.78. The van der Waals surface area contributed by atoms with Gasteiger partial charge in [0.1, 0.15) is 0 Å². The second-order valence-corrected chi connectivity index (χ2v) is 4.98. The number of rotatable bonds is 4. The molecule has 0 spiro atoms. The largest absolute Gasteiger partial charge is 0.398 e. The Morgan fingerprint density at radius 3 is 2.79 bits per heavy atom. The molecular formula is C13H14Cl2N4. The molecule has 2 heterocycles. The summed E-state index contributed by atoms with van der Waals surface area (Å²) >= 11 is 12.0. The highest BCUT2D eigenvalue weighted by molar-refractivity contribution is 6.34. The Bertz CT molecular complexity index is 574. The van der Waals surface area contributed by atoms with Crippen LogP contribution in [0.5, 0.6) is 0 Å². The van der Waals surface area contributed by atoms with E-state index < -0.39 is 0 Å². The van der Waals surface area contributed by atoms with Gasteiger partial charge in [-0.3, -0.25) is 9.97 Å². The Morgan fingerprint density at radius 2 is 2.16 bits per heavy atom. The van der Waals surface area contributed by atoms with Gasteiger partial charge in [0.2, 0.25) is 0 Å². The molecule has 0 saturated carbocycles. The summed E-state index contributed by atoms with van der Waals surface area (Å²) in [5.41, 5.74) is 8.33. The topological polar surface area (TPSA) is 63.8 Å². The van der Waals surface area contributed by atoms with Gasteiger partial charge in [0, 0.05) is 24.3 Å². The van der Waals surface area contributed by atoms with Gasteiger partial charge in [0.05, 0.1) is 21.8 Å². The molecule has 0 radical (unpaired) electrons. The predicted octanol–water partition coefficient (Wildman–Crippen LogP) is 2.87. The summed E-state index contributed by atoms with van der Waals surface area (Å²) in [5, 5.41) is 4.24. The number of nitrogens with one attached hydrogen (secondary N) is 1. The number of hydrogen-bond donors (Lipinski definition) is 2. The second kappa shape index (κ2) is 6.19. The molecule has 100 valence electrons. The minimum absolute atomic E-state index is 0.0451. The molecule has 0 fully saturated rings. The molecule has 0 amide bonds. The van der Waals surface area contributed by atoms with Gasteiger partial charge in [-0.2, -0.15) is 0 Å². The quantitative estimate of drug-likeness (QED) is 0.911. The van der Waals surface area contributed by atoms with Gasteiger partial charge >= 0.3 is 0 Å². The van der Waals surface area contributed by atoms with Crippen LogP contribution in [-0.4, -0.2) is 17.0 Å². The Hall–Kier alpha value is -1.36. The van der Waals surface area contributed by atoms with E-state index in [-0.39, 0.29) is 6.04 Å². The zero-order chi connectivity index (χ0) is 13.8. The molecule has 2 aromatic rings. The van der Waals surface area contributed by atoms with Gasteiger partial charge in [-0.15, -0.1) is 0 Å². The van der Waals surface area contributed by atoms with Gasteiger partial charge in [-0.1, -0.05) is 23.2 Å². The molecule has 2 aromatic heterocycles. The first kappa shape index (κ1) is 14.1. The maximum Gasteiger partial charge on any atom is 0.0763 e. The van der Waals surface area contributed by atoms with Gasteiger partial charge in [0.25, 0.3) is 0 Å². The first-order valence-corrected chi connectivity index (χ1v) is 6.54. The van der Waals surface area contributed by atoms with Crippen LogP contribution in [0.1, 0.15) is 17.3 Å². The zero-order valence-corrected chi connectivity index (χ0v) is 11.9. The molecule has 19 heavy (non-hydrogen) atoms. The van der Waals surface area contributed by atoms with Crippen molar-refractivity contribution in [1.29, 1.82) is 0 Å². The van der Waals surface area contributed by atoms with Crippen LogP contribution < -0.4 is 11.1 Å². The Balaban J connectivity index is 2.28. The lowest BCUT2D eigenvalue weighted by Gasteiger charge is -2.17. The number of halogens is 2. The monoisotopic (exact) mass is 296 g/mol. The van der Waals surface area contributed by atoms with Gasteiger partial charge in [-0.05, 0) is 31.2 Å². The molecule has 1 atom stereocenters. The van der Waals surface area contributed by atoms with Crippen molar-refractivity contribution in [1.82, 2.24) is 15.3 Å². The fourth-order valence-electron chi connectivity index (χ4n) is 1.85. The summed E-state index contributed by atoms with van der Waals surface area (Å²) < 4.78 is 0. The Morgan fingerprint density at radius 1 is 1.37 bits per heavy atom. The molecule has 3 N–H and O–H groups in total. The van der Waals surface area contributed by atoms with Crippen LogP contribution in [0.3, 0.4) is 0 Å². The summed E-state index contributed by atoms with van der Waals surface area (Å²) in [7, 11) is 1.85. The molecule has 0 saturated heterocycles. The molecule has 4 nitrogen and oxygen atoms in total. The van der Waals surface area contributed by atoms with E-state index >= 15 is 0 Å². The molecule has 2 rings (SSSR count). The molecule has 0 bridgehead atoms. The van der Waals surface area contributed by atoms with Crippen molar-refractivity contribution >= 4 is 28.9 Å². The lowest BCUT2D eigenvalue weighted by molar-refractivity contribution is 0.576. The number of nitrogens with zero attached hydrogens (tertiary/aromatic N) is 2. The molecule has 0 aliphatic rings. The summed E-state index contributed by atoms with van der Waals surface area (Å²) in [5.74, 6) is 0. The third kappa shape index (κ3) is 3.35. The van der Waals surface area contributed by atoms with E-state index in [4.69, 9.17) is 28.9 Å². The van der Waals surface area contributed by atoms with E-state index in [0.717, 1.165) is 11.3 Å². The number of hydrogen-bond acceptors (Lipinski definition) is 4. The minimum Gasteiger partial charge on any atom is -0.398 e. The van der Waals surface area contributed by atoms with Crippen molar-refractivity contribution in [3.05, 3.63) is 52.0 Å². The molecule has 0 aliphatic heterocycles. The summed E-state index contributed by atoms with van der Waals surface area (Å²) in [4.78, 5) is 8.37. The highest BCUT2D eigenvalue weighted by Gasteiger charge is 2.16. The van der Waals surface area contributed by atoms with Crippen LogP contribution in [-0.2, 0) is 6.42 Å². The van der Waals surface area contributed by atoms with Crippen LogP contribution >= 0.6 is 23.2 Å². The third-order valence-electron chi connectivity index (χ3n) is 2.88. The second-order valence-electron chi connectivity index (χ2n) is 4.14. The highest BCUT2D eigenvalue weighted by atomic mass is 35.5. The van der Waals surface area contributed by atoms with Crippen LogP contribution in [0.2, 0.25) is 10.0 Å². The lowest BCUT2D eigenvalue weighted by Crippen LogP contribution is -2.21. The SMILES string of the molecule is CNC(Cc1cnccc1N)c1ncc(Cl)cc1Cl. The fraction of sp³-hybridized carbons (Fsp3) is 0.231. The lowest BCUT2D eigenvalue weighted by atomic mass is 10.0. The number of nitrogens with two attached hydrogens (primary N) is 1. The van der Waals surface area contributed by atoms with Crippen molar-refractivity contribution in [3.8, 4) is 0 Å². The minimum atomic E-state index is -0.0451. The Labute approximate surface area is 122 Å². The number of nitrogen functional groups attached to an aromatic ring is 1. The van der Waals surface area contributed by atoms with Gasteiger partial charge in [0.15, 0.2) is 0 Å². The van der Waals surface area contributed by atoms with Crippen LogP contribution in [0.25, 0.3) is 0 Å². The Kier molecular flexibility index (Phi) is 4.58. The average Bonchev–Trinajstić information content (AvgIpc) is 2.39. The fourth-order valence-corrected chi connectivity index (χ4v) is 2.36. The van der Waals surface area contributed by atoms with E-state index in [1.807, 2.05) is 7.05 Å². The van der Waals surface area contributed by atoms with Crippen molar-refractivity contribution in [2.45, 2.75) is 12.5 Å². The highest BCUT2D eigenvalue weighted by Crippen LogP contribution is 2.27. The van der Waals surface area contributed by atoms with Crippen molar-refractivity contribution in [2.75, 3.05) is 12.8 Å². The van der Waals surface area contributed by atoms with E-state index in [0.29, 0.717) is 22.2 Å². The molecular weight excluding hydrogens is 283 g/mol. The maximum absolute atomic E-state index is 6.18. The number of anilines is 1. The standard InChI is InChI=1S/C13H14Cl2N4/c1-17-12(4-8-6-18-3-2-11(8)16)13-10(15)5-9(14)7-19-13/h2-3,5-7,12,17H,4H2,1H3,(H2,16,18). The van der Waals surface area contributed by atoms with Crippen molar-refractivity contribution in [3.63, 3.8) is 0 Å². The molecule has 6 heteroatoms. The third-order valence-corrected chi connectivity index (χ3v) is 3.39. The maximum atomic E-state index is 6.18. The first-order chi connectivity index (χ1) is 9.11. The summed E-state index contributed by atoms with van der Waals surface area (Å²) in [6, 6.07) is 3.41. The van der Waals surface area contributed by atoms with Crippen LogP contribution in [0, 0.1) is 0 Å². The molecule has 0 aromatic carbocycles. The van der Waals surface area contributed by atoms with Gasteiger partial charge in [-0.25, -0.2) is 0 Å². The number of aromatic nitrogens is 2. The van der Waals surface area contributed by atoms with Crippen LogP contribution in [0.15, 0.2) is 30.7 Å².